The van der Waals surface area contributed by atoms with Crippen LogP contribution in [0.4, 0.5) is 0 Å². The second kappa shape index (κ2) is 8.44. The fourth-order valence-electron chi connectivity index (χ4n) is 3.40. The lowest BCUT2D eigenvalue weighted by Gasteiger charge is -2.29. The highest BCUT2D eigenvalue weighted by atomic mass is 35.5. The van der Waals surface area contributed by atoms with Gasteiger partial charge in [-0.2, -0.15) is 0 Å². The van der Waals surface area contributed by atoms with Crippen LogP contribution in [-0.4, -0.2) is 31.1 Å². The summed E-state index contributed by atoms with van der Waals surface area (Å²) in [4.78, 5) is 4.21. The summed E-state index contributed by atoms with van der Waals surface area (Å²) in [7, 11) is -3.68. The Morgan fingerprint density at radius 3 is 2.72 bits per heavy atom. The number of sulfonamides is 1. The average Bonchev–Trinajstić information content (AvgIpc) is 3.02. The molecule has 9 heteroatoms. The topological polar surface area (TPSA) is 111 Å². The van der Waals surface area contributed by atoms with Gasteiger partial charge in [-0.1, -0.05) is 31.3 Å². The molecular weight excluding hydrogens is 364 g/mol. The van der Waals surface area contributed by atoms with Gasteiger partial charge in [0.25, 0.3) is 5.71 Å². The van der Waals surface area contributed by atoms with Crippen LogP contribution >= 0.6 is 12.4 Å². The number of halogens is 1. The summed E-state index contributed by atoms with van der Waals surface area (Å²) in [5.74, 6) is 0.303. The smallest absolute Gasteiger partial charge is 0.258 e. The molecule has 1 aliphatic carbocycles. The van der Waals surface area contributed by atoms with E-state index in [1.54, 1.807) is 6.07 Å². The van der Waals surface area contributed by atoms with Gasteiger partial charge in [-0.15, -0.1) is 12.4 Å². The van der Waals surface area contributed by atoms with E-state index in [9.17, 15) is 8.42 Å². The predicted molar refractivity (Wildman–Crippen MR) is 98.2 cm³/mol. The SMILES string of the molecule is CCc1noc2ncc(S(=O)(=O)NC(CN)C3CCCCC3)cc12.Cl. The molecule has 1 unspecified atom stereocenters. The van der Waals surface area contributed by atoms with Crippen LogP contribution in [0.25, 0.3) is 11.1 Å². The molecule has 1 fully saturated rings. The normalized spacial score (nSPS) is 17.4. The Labute approximate surface area is 154 Å². The van der Waals surface area contributed by atoms with Crippen molar-refractivity contribution in [2.45, 2.75) is 56.4 Å². The number of nitrogens with zero attached hydrogens (tertiary/aromatic N) is 2. The largest absolute Gasteiger partial charge is 0.336 e. The van der Waals surface area contributed by atoms with Crippen LogP contribution in [0.5, 0.6) is 0 Å². The monoisotopic (exact) mass is 388 g/mol. The van der Waals surface area contributed by atoms with E-state index in [0.29, 0.717) is 35.7 Å². The fourth-order valence-corrected chi connectivity index (χ4v) is 4.69. The lowest BCUT2D eigenvalue weighted by atomic mass is 9.84. The van der Waals surface area contributed by atoms with E-state index in [0.717, 1.165) is 25.7 Å². The molecule has 1 saturated carbocycles. The number of hydrogen-bond acceptors (Lipinski definition) is 6. The molecule has 140 valence electrons. The van der Waals surface area contributed by atoms with Gasteiger partial charge in [0.1, 0.15) is 4.90 Å². The highest BCUT2D eigenvalue weighted by molar-refractivity contribution is 7.89. The summed E-state index contributed by atoms with van der Waals surface area (Å²) in [5, 5.41) is 4.56. The Balaban J connectivity index is 0.00000225. The van der Waals surface area contributed by atoms with Gasteiger partial charge in [0.15, 0.2) is 0 Å². The first-order valence-corrected chi connectivity index (χ1v) is 10.00. The zero-order valence-electron chi connectivity index (χ0n) is 14.3. The number of pyridine rings is 1. The molecule has 2 aromatic rings. The molecule has 1 atom stereocenters. The predicted octanol–water partition coefficient (Wildman–Crippen LogP) is 2.39. The molecule has 0 aromatic carbocycles. The van der Waals surface area contributed by atoms with Crippen LogP contribution in [-0.2, 0) is 16.4 Å². The molecule has 0 bridgehead atoms. The molecule has 2 aromatic heterocycles. The van der Waals surface area contributed by atoms with Crippen LogP contribution in [0.2, 0.25) is 0 Å². The first kappa shape index (κ1) is 20.1. The minimum absolute atomic E-state index is 0. The van der Waals surface area contributed by atoms with Crippen LogP contribution in [0.15, 0.2) is 21.7 Å². The second-order valence-electron chi connectivity index (χ2n) is 6.37. The number of aryl methyl sites for hydroxylation is 1. The molecule has 0 spiro atoms. The number of aromatic nitrogens is 2. The quantitative estimate of drug-likeness (QED) is 0.785. The van der Waals surface area contributed by atoms with Gasteiger partial charge in [-0.3, -0.25) is 0 Å². The molecule has 0 aliphatic heterocycles. The van der Waals surface area contributed by atoms with Gasteiger partial charge < -0.3 is 10.3 Å². The van der Waals surface area contributed by atoms with Gasteiger partial charge in [0.2, 0.25) is 10.0 Å². The number of hydrogen-bond donors (Lipinski definition) is 2. The van der Waals surface area contributed by atoms with Crippen molar-refractivity contribution in [3.8, 4) is 0 Å². The van der Waals surface area contributed by atoms with Crippen molar-refractivity contribution in [1.82, 2.24) is 14.9 Å². The van der Waals surface area contributed by atoms with E-state index in [2.05, 4.69) is 14.9 Å². The number of nitrogens with two attached hydrogens (primary N) is 1. The molecule has 0 saturated heterocycles. The van der Waals surface area contributed by atoms with Gasteiger partial charge in [0.05, 0.1) is 17.3 Å². The zero-order chi connectivity index (χ0) is 17.2. The van der Waals surface area contributed by atoms with E-state index in [1.165, 1.54) is 12.6 Å². The van der Waals surface area contributed by atoms with Crippen molar-refractivity contribution < 1.29 is 12.9 Å². The molecule has 25 heavy (non-hydrogen) atoms. The van der Waals surface area contributed by atoms with Crippen LogP contribution < -0.4 is 10.5 Å². The van der Waals surface area contributed by atoms with Gasteiger partial charge in [-0.05, 0) is 31.2 Å². The summed E-state index contributed by atoms with van der Waals surface area (Å²) in [6.45, 7) is 2.23. The van der Waals surface area contributed by atoms with Gasteiger partial charge in [-0.25, -0.2) is 18.1 Å². The van der Waals surface area contributed by atoms with E-state index >= 15 is 0 Å². The molecule has 0 radical (unpaired) electrons. The Hall–Kier alpha value is -1.22. The molecule has 1 aliphatic rings. The van der Waals surface area contributed by atoms with Gasteiger partial charge in [0, 0.05) is 12.6 Å². The zero-order valence-corrected chi connectivity index (χ0v) is 15.9. The van der Waals surface area contributed by atoms with Crippen molar-refractivity contribution in [2.75, 3.05) is 6.54 Å². The number of fused-ring (bicyclic) bond motifs is 1. The van der Waals surface area contributed by atoms with Crippen molar-refractivity contribution in [1.29, 1.82) is 0 Å². The highest BCUT2D eigenvalue weighted by Crippen LogP contribution is 2.27. The summed E-state index contributed by atoms with van der Waals surface area (Å²) in [5.41, 5.74) is 6.90. The Morgan fingerprint density at radius 1 is 1.36 bits per heavy atom. The first-order valence-electron chi connectivity index (χ1n) is 8.52. The van der Waals surface area contributed by atoms with Crippen LogP contribution in [0.3, 0.4) is 0 Å². The summed E-state index contributed by atoms with van der Waals surface area (Å²) < 4.78 is 33.4. The van der Waals surface area contributed by atoms with E-state index in [4.69, 9.17) is 10.3 Å². The van der Waals surface area contributed by atoms with Crippen LogP contribution in [0, 0.1) is 5.92 Å². The molecule has 3 N–H and O–H groups in total. The lowest BCUT2D eigenvalue weighted by Crippen LogP contribution is -2.45. The molecule has 2 heterocycles. The maximum atomic E-state index is 12.8. The first-order chi connectivity index (χ1) is 11.5. The van der Waals surface area contributed by atoms with Crippen molar-refractivity contribution in [2.24, 2.45) is 11.7 Å². The standard InChI is InChI=1S/C16H24N4O3S.ClH/c1-2-14-13-8-12(10-18-16(13)23-19-14)24(21,22)20-15(9-17)11-6-4-3-5-7-11;/h8,10-11,15,20H,2-7,9,17H2,1H3;1H. The Morgan fingerprint density at radius 2 is 2.08 bits per heavy atom. The summed E-state index contributed by atoms with van der Waals surface area (Å²) >= 11 is 0. The number of rotatable bonds is 6. The second-order valence-corrected chi connectivity index (χ2v) is 8.08. The third kappa shape index (κ3) is 4.31. The molecule has 7 nitrogen and oxygen atoms in total. The van der Waals surface area contributed by atoms with E-state index in [1.807, 2.05) is 6.92 Å². The van der Waals surface area contributed by atoms with Crippen LogP contribution in [0.1, 0.15) is 44.7 Å². The summed E-state index contributed by atoms with van der Waals surface area (Å²) in [6.07, 6.45) is 7.49. The Kier molecular flexibility index (Phi) is 6.79. The fraction of sp³-hybridized carbons (Fsp3) is 0.625. The molecular formula is C16H25ClN4O3S. The van der Waals surface area contributed by atoms with Crippen molar-refractivity contribution >= 4 is 33.5 Å². The van der Waals surface area contributed by atoms with Crippen molar-refractivity contribution in [3.05, 3.63) is 18.0 Å². The van der Waals surface area contributed by atoms with Gasteiger partial charge >= 0.3 is 0 Å². The third-order valence-electron chi connectivity index (χ3n) is 4.80. The molecule has 3 rings (SSSR count). The van der Waals surface area contributed by atoms with E-state index in [-0.39, 0.29) is 23.3 Å². The lowest BCUT2D eigenvalue weighted by molar-refractivity contribution is 0.294. The number of nitrogens with one attached hydrogen (secondary N) is 1. The third-order valence-corrected chi connectivity index (χ3v) is 6.26. The maximum Gasteiger partial charge on any atom is 0.258 e. The molecule has 0 amide bonds. The minimum Gasteiger partial charge on any atom is -0.336 e. The average molecular weight is 389 g/mol. The van der Waals surface area contributed by atoms with Crippen molar-refractivity contribution in [3.63, 3.8) is 0 Å². The van der Waals surface area contributed by atoms with E-state index < -0.39 is 10.0 Å². The maximum absolute atomic E-state index is 12.8. The summed E-state index contributed by atoms with van der Waals surface area (Å²) in [6, 6.07) is 1.34. The minimum atomic E-state index is -3.68. The Bertz CT molecular complexity index is 803. The highest BCUT2D eigenvalue weighted by Gasteiger charge is 2.28.